The average Bonchev–Trinajstić information content (AvgIpc) is 1.85. The van der Waals surface area contributed by atoms with E-state index in [0.29, 0.717) is 5.02 Å². The van der Waals surface area contributed by atoms with E-state index in [1.807, 2.05) is 12.1 Å². The first-order valence-corrected chi connectivity index (χ1v) is 6.23. The maximum Gasteiger partial charge on any atom is 0.0497 e. The minimum Gasteiger partial charge on any atom is -0.0843 e. The van der Waals surface area contributed by atoms with Gasteiger partial charge in [-0.1, -0.05) is 37.2 Å². The normalized spacial score (nSPS) is 10.6. The molecule has 0 saturated heterocycles. The lowest BCUT2D eigenvalue weighted by Crippen LogP contribution is -1.99. The van der Waals surface area contributed by atoms with E-state index in [-0.39, 0.29) is 7.92 Å². The summed E-state index contributed by atoms with van der Waals surface area (Å²) in [5.41, 5.74) is 0. The van der Waals surface area contributed by atoms with Crippen molar-refractivity contribution in [2.45, 2.75) is 0 Å². The summed E-state index contributed by atoms with van der Waals surface area (Å²) in [6, 6.07) is 5.67. The van der Waals surface area contributed by atoms with Crippen molar-refractivity contribution >= 4 is 36.4 Å². The van der Waals surface area contributed by atoms with Crippen molar-refractivity contribution in [3.05, 3.63) is 28.2 Å². The number of hydrogen-bond acceptors (Lipinski definition) is 0. The lowest BCUT2D eigenvalue weighted by Gasteiger charge is -2.07. The molecular weight excluding hydrogens is 198 g/mol. The Morgan fingerprint density at radius 3 is 2.27 bits per heavy atom. The zero-order valence-corrected chi connectivity index (χ0v) is 8.84. The van der Waals surface area contributed by atoms with Crippen molar-refractivity contribution in [3.8, 4) is 0 Å². The molecule has 0 atom stereocenters. The second-order valence-electron chi connectivity index (χ2n) is 2.49. The van der Waals surface area contributed by atoms with Gasteiger partial charge in [0.05, 0.1) is 0 Å². The minimum absolute atomic E-state index is 0.119. The van der Waals surface area contributed by atoms with Gasteiger partial charge in [-0.15, -0.1) is 0 Å². The van der Waals surface area contributed by atoms with Crippen LogP contribution in [0.2, 0.25) is 10.0 Å². The minimum atomic E-state index is -0.119. The van der Waals surface area contributed by atoms with Crippen LogP contribution in [0.1, 0.15) is 0 Å². The van der Waals surface area contributed by atoms with Gasteiger partial charge in [0, 0.05) is 10.0 Å². The molecule has 0 fully saturated rings. The molecule has 0 heterocycles. The van der Waals surface area contributed by atoms with Gasteiger partial charge in [0.1, 0.15) is 0 Å². The molecule has 1 aromatic rings. The van der Waals surface area contributed by atoms with Crippen LogP contribution in [-0.2, 0) is 0 Å². The Morgan fingerprint density at radius 2 is 1.82 bits per heavy atom. The summed E-state index contributed by atoms with van der Waals surface area (Å²) in [7, 11) is -0.119. The van der Waals surface area contributed by atoms with Gasteiger partial charge in [-0.05, 0) is 30.8 Å². The van der Waals surface area contributed by atoms with Crippen molar-refractivity contribution in [1.82, 2.24) is 0 Å². The summed E-state index contributed by atoms with van der Waals surface area (Å²) in [4.78, 5) is 0. The van der Waals surface area contributed by atoms with Crippen LogP contribution in [0.3, 0.4) is 0 Å². The molecule has 0 bridgehead atoms. The molecule has 11 heavy (non-hydrogen) atoms. The Morgan fingerprint density at radius 1 is 1.18 bits per heavy atom. The van der Waals surface area contributed by atoms with E-state index >= 15 is 0 Å². The molecular formula is C8H9Cl2P. The molecule has 0 nitrogen and oxygen atoms in total. The van der Waals surface area contributed by atoms with Crippen LogP contribution in [0.25, 0.3) is 0 Å². The highest BCUT2D eigenvalue weighted by molar-refractivity contribution is 7.64. The third-order valence-corrected chi connectivity index (χ3v) is 3.42. The Labute approximate surface area is 78.3 Å². The number of hydrogen-bond donors (Lipinski definition) is 0. The predicted molar refractivity (Wildman–Crippen MR) is 54.9 cm³/mol. The highest BCUT2D eigenvalue weighted by Crippen LogP contribution is 2.29. The Balaban J connectivity index is 3.09. The van der Waals surface area contributed by atoms with E-state index in [1.54, 1.807) is 6.07 Å². The molecule has 0 unspecified atom stereocenters. The fourth-order valence-corrected chi connectivity index (χ4v) is 2.62. The van der Waals surface area contributed by atoms with E-state index in [4.69, 9.17) is 23.2 Å². The number of halogens is 2. The van der Waals surface area contributed by atoms with E-state index in [2.05, 4.69) is 13.3 Å². The van der Waals surface area contributed by atoms with Crippen LogP contribution in [0, 0.1) is 0 Å². The van der Waals surface area contributed by atoms with E-state index in [0.717, 1.165) is 5.02 Å². The molecule has 0 aromatic heterocycles. The van der Waals surface area contributed by atoms with E-state index in [9.17, 15) is 0 Å². The van der Waals surface area contributed by atoms with Gasteiger partial charge in [0.25, 0.3) is 0 Å². The highest BCUT2D eigenvalue weighted by atomic mass is 35.5. The topological polar surface area (TPSA) is 0 Å². The summed E-state index contributed by atoms with van der Waals surface area (Å²) in [5.74, 6) is 0. The SMILES string of the molecule is CP(C)c1ccc(Cl)cc1Cl. The smallest absolute Gasteiger partial charge is 0.0497 e. The summed E-state index contributed by atoms with van der Waals surface area (Å²) in [6.07, 6.45) is 0. The first kappa shape index (κ1) is 9.32. The predicted octanol–water partition coefficient (Wildman–Crippen LogP) is 3.36. The zero-order chi connectivity index (χ0) is 8.43. The molecule has 0 N–H and O–H groups in total. The van der Waals surface area contributed by atoms with Crippen molar-refractivity contribution in [2.24, 2.45) is 0 Å². The van der Waals surface area contributed by atoms with Gasteiger partial charge in [-0.25, -0.2) is 0 Å². The van der Waals surface area contributed by atoms with Crippen LogP contribution >= 0.6 is 31.1 Å². The first-order valence-electron chi connectivity index (χ1n) is 3.23. The second kappa shape index (κ2) is 3.76. The Hall–Kier alpha value is 0.230. The molecule has 0 amide bonds. The monoisotopic (exact) mass is 206 g/mol. The molecule has 0 aliphatic carbocycles. The van der Waals surface area contributed by atoms with Crippen LogP contribution in [0.5, 0.6) is 0 Å². The van der Waals surface area contributed by atoms with Crippen LogP contribution < -0.4 is 5.30 Å². The summed E-state index contributed by atoms with van der Waals surface area (Å²) < 4.78 is 0. The van der Waals surface area contributed by atoms with Crippen LogP contribution in [0.15, 0.2) is 18.2 Å². The standard InChI is InChI=1S/C8H9Cl2P/c1-11(2)8-4-3-6(9)5-7(8)10/h3-5H,1-2H3. The van der Waals surface area contributed by atoms with E-state index < -0.39 is 0 Å². The van der Waals surface area contributed by atoms with Gasteiger partial charge < -0.3 is 0 Å². The molecule has 3 heteroatoms. The van der Waals surface area contributed by atoms with E-state index in [1.165, 1.54) is 5.30 Å². The van der Waals surface area contributed by atoms with Crippen molar-refractivity contribution < 1.29 is 0 Å². The van der Waals surface area contributed by atoms with Crippen molar-refractivity contribution in [1.29, 1.82) is 0 Å². The summed E-state index contributed by atoms with van der Waals surface area (Å²) >= 11 is 11.7. The molecule has 0 radical (unpaired) electrons. The fourth-order valence-electron chi connectivity index (χ4n) is 0.844. The Bertz CT molecular complexity index is 258. The number of benzene rings is 1. The van der Waals surface area contributed by atoms with Gasteiger partial charge >= 0.3 is 0 Å². The van der Waals surface area contributed by atoms with Crippen molar-refractivity contribution in [2.75, 3.05) is 13.3 Å². The maximum absolute atomic E-state index is 5.96. The average molecular weight is 207 g/mol. The third kappa shape index (κ3) is 2.33. The molecule has 0 saturated carbocycles. The van der Waals surface area contributed by atoms with Crippen LogP contribution in [-0.4, -0.2) is 13.3 Å². The van der Waals surface area contributed by atoms with Gasteiger partial charge in [0.15, 0.2) is 0 Å². The quantitative estimate of drug-likeness (QED) is 0.619. The van der Waals surface area contributed by atoms with Gasteiger partial charge in [-0.3, -0.25) is 0 Å². The summed E-state index contributed by atoms with van der Waals surface area (Å²) in [6.45, 7) is 4.34. The maximum atomic E-state index is 5.96. The highest BCUT2D eigenvalue weighted by Gasteiger charge is 2.03. The molecule has 0 aliphatic heterocycles. The molecule has 60 valence electrons. The second-order valence-corrected chi connectivity index (χ2v) is 5.60. The number of rotatable bonds is 1. The first-order chi connectivity index (χ1) is 5.11. The lowest BCUT2D eigenvalue weighted by atomic mass is 10.4. The Kier molecular flexibility index (Phi) is 3.18. The molecule has 1 aromatic carbocycles. The van der Waals surface area contributed by atoms with Gasteiger partial charge in [0.2, 0.25) is 0 Å². The lowest BCUT2D eigenvalue weighted by molar-refractivity contribution is 1.76. The van der Waals surface area contributed by atoms with Gasteiger partial charge in [-0.2, -0.15) is 0 Å². The third-order valence-electron chi connectivity index (χ3n) is 1.39. The largest absolute Gasteiger partial charge is 0.0843 e. The van der Waals surface area contributed by atoms with Crippen LogP contribution in [0.4, 0.5) is 0 Å². The fraction of sp³-hybridized carbons (Fsp3) is 0.250. The van der Waals surface area contributed by atoms with Crippen molar-refractivity contribution in [3.63, 3.8) is 0 Å². The zero-order valence-electron chi connectivity index (χ0n) is 6.44. The molecule has 0 aliphatic rings. The molecule has 1 rings (SSSR count). The molecule has 0 spiro atoms. The summed E-state index contributed by atoms with van der Waals surface area (Å²) in [5, 5.41) is 2.70.